The lowest BCUT2D eigenvalue weighted by atomic mass is 10.1. The van der Waals surface area contributed by atoms with Crippen LogP contribution in [0.25, 0.3) is 0 Å². The average molecular weight is 285 g/mol. The van der Waals surface area contributed by atoms with Crippen molar-refractivity contribution in [2.45, 2.75) is 13.0 Å². The summed E-state index contributed by atoms with van der Waals surface area (Å²) in [6.45, 7) is 2.02. The number of methoxy groups -OCH3 is 2. The van der Waals surface area contributed by atoms with Gasteiger partial charge in [-0.25, -0.2) is 4.79 Å². The normalized spacial score (nSPS) is 11.6. The highest BCUT2D eigenvalue weighted by Crippen LogP contribution is 2.28. The van der Waals surface area contributed by atoms with Crippen molar-refractivity contribution in [1.29, 1.82) is 0 Å². The maximum absolute atomic E-state index is 11.8. The summed E-state index contributed by atoms with van der Waals surface area (Å²) in [5.41, 5.74) is 2.28. The molecule has 0 spiro atoms. The number of rotatable bonds is 5. The first kappa shape index (κ1) is 14.9. The number of carbonyl (C=O) groups excluding carboxylic acids is 1. The van der Waals surface area contributed by atoms with Crippen LogP contribution in [0.1, 0.15) is 28.9 Å². The Morgan fingerprint density at radius 1 is 1.05 bits per heavy atom. The second-order valence-corrected chi connectivity index (χ2v) is 4.65. The largest absolute Gasteiger partial charge is 0.496 e. The Morgan fingerprint density at radius 3 is 2.43 bits per heavy atom. The van der Waals surface area contributed by atoms with Crippen molar-refractivity contribution in [3.05, 3.63) is 59.7 Å². The van der Waals surface area contributed by atoms with Crippen molar-refractivity contribution >= 4 is 11.7 Å². The van der Waals surface area contributed by atoms with E-state index in [1.807, 2.05) is 49.4 Å². The summed E-state index contributed by atoms with van der Waals surface area (Å²) in [6, 6.07) is 15.1. The molecule has 110 valence electrons. The number of esters is 1. The van der Waals surface area contributed by atoms with Gasteiger partial charge >= 0.3 is 5.97 Å². The van der Waals surface area contributed by atoms with Crippen LogP contribution in [0, 0.1) is 0 Å². The van der Waals surface area contributed by atoms with E-state index in [0.717, 1.165) is 17.0 Å². The second kappa shape index (κ2) is 6.79. The number of anilines is 1. The lowest BCUT2D eigenvalue weighted by molar-refractivity contribution is 0.0602. The average Bonchev–Trinajstić information content (AvgIpc) is 2.54. The molecule has 2 rings (SSSR count). The van der Waals surface area contributed by atoms with E-state index < -0.39 is 0 Å². The van der Waals surface area contributed by atoms with Crippen molar-refractivity contribution in [2.24, 2.45) is 0 Å². The van der Waals surface area contributed by atoms with E-state index in [1.165, 1.54) is 7.11 Å². The zero-order valence-corrected chi connectivity index (χ0v) is 12.4. The Hall–Kier alpha value is -2.49. The standard InChI is InChI=1S/C17H19NO3/c1-12(13-8-5-7-11-16(13)20-2)18-15-10-6-4-9-14(15)17(19)21-3/h4-12,18H,1-3H3. The van der Waals surface area contributed by atoms with Crippen LogP contribution in [0.15, 0.2) is 48.5 Å². The molecule has 4 nitrogen and oxygen atoms in total. The van der Waals surface area contributed by atoms with Crippen molar-refractivity contribution in [3.63, 3.8) is 0 Å². The zero-order valence-electron chi connectivity index (χ0n) is 12.4. The molecule has 1 N–H and O–H groups in total. The molecule has 0 radical (unpaired) electrons. The molecule has 0 aliphatic rings. The Kier molecular flexibility index (Phi) is 4.82. The van der Waals surface area contributed by atoms with Crippen LogP contribution in [0.4, 0.5) is 5.69 Å². The highest BCUT2D eigenvalue weighted by Gasteiger charge is 2.15. The molecule has 1 unspecified atom stereocenters. The van der Waals surface area contributed by atoms with Crippen LogP contribution in [0.2, 0.25) is 0 Å². The molecule has 0 saturated heterocycles. The van der Waals surface area contributed by atoms with Crippen LogP contribution < -0.4 is 10.1 Å². The summed E-state index contributed by atoms with van der Waals surface area (Å²) in [5, 5.41) is 3.34. The molecule has 1 atom stereocenters. The number of hydrogen-bond acceptors (Lipinski definition) is 4. The van der Waals surface area contributed by atoms with Gasteiger partial charge in [-0.3, -0.25) is 0 Å². The first-order valence-corrected chi connectivity index (χ1v) is 6.74. The molecular formula is C17H19NO3. The molecule has 0 bridgehead atoms. The monoisotopic (exact) mass is 285 g/mol. The summed E-state index contributed by atoms with van der Waals surface area (Å²) >= 11 is 0. The van der Waals surface area contributed by atoms with Gasteiger partial charge in [-0.15, -0.1) is 0 Å². The minimum Gasteiger partial charge on any atom is -0.496 e. The third-order valence-corrected chi connectivity index (χ3v) is 3.31. The highest BCUT2D eigenvalue weighted by molar-refractivity contribution is 5.95. The van der Waals surface area contributed by atoms with Crippen LogP contribution in [0.5, 0.6) is 5.75 Å². The maximum Gasteiger partial charge on any atom is 0.339 e. The number of hydrogen-bond donors (Lipinski definition) is 1. The molecule has 4 heteroatoms. The van der Waals surface area contributed by atoms with Crippen molar-refractivity contribution in [1.82, 2.24) is 0 Å². The molecule has 21 heavy (non-hydrogen) atoms. The molecular weight excluding hydrogens is 266 g/mol. The second-order valence-electron chi connectivity index (χ2n) is 4.65. The summed E-state index contributed by atoms with van der Waals surface area (Å²) in [4.78, 5) is 11.8. The number of carbonyl (C=O) groups is 1. The van der Waals surface area contributed by atoms with E-state index in [2.05, 4.69) is 5.32 Å². The van der Waals surface area contributed by atoms with E-state index in [9.17, 15) is 4.79 Å². The number of nitrogens with one attached hydrogen (secondary N) is 1. The van der Waals surface area contributed by atoms with Gasteiger partial charge in [-0.2, -0.15) is 0 Å². The molecule has 0 heterocycles. The summed E-state index contributed by atoms with van der Waals surface area (Å²) in [6.07, 6.45) is 0. The number of benzene rings is 2. The molecule has 0 fully saturated rings. The van der Waals surface area contributed by atoms with Gasteiger partial charge in [0.05, 0.1) is 25.8 Å². The first-order chi connectivity index (χ1) is 10.2. The Balaban J connectivity index is 2.28. The highest BCUT2D eigenvalue weighted by atomic mass is 16.5. The number of para-hydroxylation sites is 2. The lowest BCUT2D eigenvalue weighted by Gasteiger charge is -2.19. The molecule has 0 aromatic heterocycles. The minimum absolute atomic E-state index is 0.00745. The smallest absolute Gasteiger partial charge is 0.339 e. The molecule has 0 aliphatic heterocycles. The van der Waals surface area contributed by atoms with E-state index >= 15 is 0 Å². The number of ether oxygens (including phenoxy) is 2. The van der Waals surface area contributed by atoms with Gasteiger partial charge in [0.1, 0.15) is 5.75 Å². The molecule has 0 aliphatic carbocycles. The van der Waals surface area contributed by atoms with E-state index in [4.69, 9.17) is 9.47 Å². The fourth-order valence-electron chi connectivity index (χ4n) is 2.23. The van der Waals surface area contributed by atoms with Gasteiger partial charge in [0.15, 0.2) is 0 Å². The molecule has 2 aromatic rings. The van der Waals surface area contributed by atoms with Gasteiger partial charge in [-0.05, 0) is 25.1 Å². The van der Waals surface area contributed by atoms with Crippen LogP contribution in [0.3, 0.4) is 0 Å². The quantitative estimate of drug-likeness (QED) is 0.852. The lowest BCUT2D eigenvalue weighted by Crippen LogP contribution is -2.12. The summed E-state index contributed by atoms with van der Waals surface area (Å²) in [5.74, 6) is 0.457. The van der Waals surface area contributed by atoms with Crippen molar-refractivity contribution in [2.75, 3.05) is 19.5 Å². The Labute approximate surface area is 124 Å². The first-order valence-electron chi connectivity index (χ1n) is 6.74. The summed E-state index contributed by atoms with van der Waals surface area (Å²) < 4.78 is 10.2. The van der Waals surface area contributed by atoms with Gasteiger partial charge in [0, 0.05) is 11.3 Å². The summed E-state index contributed by atoms with van der Waals surface area (Å²) in [7, 11) is 3.02. The van der Waals surface area contributed by atoms with Crippen LogP contribution in [-0.4, -0.2) is 20.2 Å². The Morgan fingerprint density at radius 2 is 1.71 bits per heavy atom. The van der Waals surface area contributed by atoms with Crippen molar-refractivity contribution < 1.29 is 14.3 Å². The Bertz CT molecular complexity index is 625. The zero-order chi connectivity index (χ0) is 15.2. The van der Waals surface area contributed by atoms with E-state index in [1.54, 1.807) is 13.2 Å². The predicted molar refractivity (Wildman–Crippen MR) is 82.8 cm³/mol. The molecule has 2 aromatic carbocycles. The van der Waals surface area contributed by atoms with E-state index in [-0.39, 0.29) is 12.0 Å². The third-order valence-electron chi connectivity index (χ3n) is 3.31. The predicted octanol–water partition coefficient (Wildman–Crippen LogP) is 3.65. The van der Waals surface area contributed by atoms with Crippen LogP contribution in [-0.2, 0) is 4.74 Å². The fraction of sp³-hybridized carbons (Fsp3) is 0.235. The van der Waals surface area contributed by atoms with Gasteiger partial charge in [-0.1, -0.05) is 30.3 Å². The van der Waals surface area contributed by atoms with Gasteiger partial charge in [0.2, 0.25) is 0 Å². The van der Waals surface area contributed by atoms with Gasteiger partial charge in [0.25, 0.3) is 0 Å². The maximum atomic E-state index is 11.8. The van der Waals surface area contributed by atoms with Crippen molar-refractivity contribution in [3.8, 4) is 5.75 Å². The van der Waals surface area contributed by atoms with Gasteiger partial charge < -0.3 is 14.8 Å². The minimum atomic E-state index is -0.356. The molecule has 0 amide bonds. The topological polar surface area (TPSA) is 47.6 Å². The molecule has 0 saturated carbocycles. The SMILES string of the molecule is COC(=O)c1ccccc1NC(C)c1ccccc1OC. The fourth-order valence-corrected chi connectivity index (χ4v) is 2.23. The van der Waals surface area contributed by atoms with E-state index in [0.29, 0.717) is 5.56 Å². The van der Waals surface area contributed by atoms with Crippen LogP contribution >= 0.6 is 0 Å². The third kappa shape index (κ3) is 3.34.